The van der Waals surface area contributed by atoms with Crippen LogP contribution in [0.3, 0.4) is 0 Å². The summed E-state index contributed by atoms with van der Waals surface area (Å²) in [5, 5.41) is 9.87. The summed E-state index contributed by atoms with van der Waals surface area (Å²) in [7, 11) is 1.54. The number of carbonyl (C=O) groups is 1. The number of nitriles is 1. The van der Waals surface area contributed by atoms with Gasteiger partial charge >= 0.3 is 5.97 Å². The van der Waals surface area contributed by atoms with Crippen molar-refractivity contribution in [2.24, 2.45) is 11.8 Å². The van der Waals surface area contributed by atoms with Crippen LogP contribution >= 0.6 is 0 Å². The van der Waals surface area contributed by atoms with E-state index in [-0.39, 0.29) is 6.61 Å². The van der Waals surface area contributed by atoms with Crippen molar-refractivity contribution in [3.63, 3.8) is 0 Å². The predicted molar refractivity (Wildman–Crippen MR) is 117 cm³/mol. The van der Waals surface area contributed by atoms with Crippen LogP contribution < -0.4 is 4.90 Å². The van der Waals surface area contributed by atoms with Crippen LogP contribution in [0.1, 0.15) is 46.2 Å². The van der Waals surface area contributed by atoms with Gasteiger partial charge in [0.1, 0.15) is 11.8 Å². The van der Waals surface area contributed by atoms with Gasteiger partial charge in [-0.3, -0.25) is 4.79 Å². The van der Waals surface area contributed by atoms with Crippen LogP contribution in [0.2, 0.25) is 0 Å². The zero-order valence-electron chi connectivity index (χ0n) is 18.8. The lowest BCUT2D eigenvalue weighted by Crippen LogP contribution is -2.34. The summed E-state index contributed by atoms with van der Waals surface area (Å²) in [5.41, 5.74) is 1.71. The van der Waals surface area contributed by atoms with E-state index >= 15 is 0 Å². The highest BCUT2D eigenvalue weighted by Gasteiger charge is 2.31. The normalized spacial score (nSPS) is 13.3. The van der Waals surface area contributed by atoms with Crippen molar-refractivity contribution in [3.8, 4) is 6.07 Å². The molecule has 0 aliphatic rings. The van der Waals surface area contributed by atoms with Crippen LogP contribution in [0, 0.1) is 23.2 Å². The summed E-state index contributed by atoms with van der Waals surface area (Å²) in [4.78, 5) is 24.5. The molecule has 0 fully saturated rings. The lowest BCUT2D eigenvalue weighted by Gasteiger charge is -2.29. The summed E-state index contributed by atoms with van der Waals surface area (Å²) in [6, 6.07) is 9.57. The number of hydrogen-bond donors (Lipinski definition) is 0. The first kappa shape index (κ1) is 23.6. The summed E-state index contributed by atoms with van der Waals surface area (Å²) in [5.74, 6) is -0.489. The van der Waals surface area contributed by atoms with Crippen LogP contribution in [0.15, 0.2) is 24.3 Å². The molecule has 0 unspecified atom stereocenters. The molecule has 0 N–H and O–H groups in total. The lowest BCUT2D eigenvalue weighted by atomic mass is 10.0. The van der Waals surface area contributed by atoms with E-state index in [0.717, 1.165) is 18.6 Å². The number of carbonyl (C=O) groups excluding carboxylic acids is 1. The van der Waals surface area contributed by atoms with Crippen LogP contribution in [-0.4, -0.2) is 48.8 Å². The molecule has 30 heavy (non-hydrogen) atoms. The van der Waals surface area contributed by atoms with Gasteiger partial charge < -0.3 is 14.4 Å². The molecular formula is C23H32N4O3. The van der Waals surface area contributed by atoms with E-state index in [0.29, 0.717) is 28.9 Å². The third-order valence-electron chi connectivity index (χ3n) is 4.41. The Balaban J connectivity index is 2.58. The number of rotatable bonds is 10. The van der Waals surface area contributed by atoms with E-state index in [1.54, 1.807) is 6.92 Å². The van der Waals surface area contributed by atoms with E-state index in [4.69, 9.17) is 19.4 Å². The van der Waals surface area contributed by atoms with Crippen LogP contribution in [-0.2, 0) is 14.3 Å². The topological polar surface area (TPSA) is 88.3 Å². The molecule has 1 heterocycles. The molecule has 1 aromatic heterocycles. The second kappa shape index (κ2) is 10.9. The minimum Gasteiger partial charge on any atom is -0.459 e. The highest BCUT2D eigenvalue weighted by molar-refractivity contribution is 5.85. The molecule has 7 nitrogen and oxygen atoms in total. The third kappa shape index (κ3) is 6.14. The summed E-state index contributed by atoms with van der Waals surface area (Å²) >= 11 is 0. The largest absolute Gasteiger partial charge is 0.459 e. The standard InChI is InChI=1S/C23H32N4O3/c1-15(2)12-27(13-16(3)4)22-21(25-19-9-7-8-10-20(19)26-22)18(11-24)23(28)30-17(5)14-29-6/h7-10,15-18H,12-14H2,1-6H3/t17-,18+/m1/s1. The first-order valence-electron chi connectivity index (χ1n) is 10.4. The fourth-order valence-electron chi connectivity index (χ4n) is 3.32. The van der Waals surface area contributed by atoms with Crippen LogP contribution in [0.4, 0.5) is 5.82 Å². The number of esters is 1. The van der Waals surface area contributed by atoms with Crippen molar-refractivity contribution < 1.29 is 14.3 Å². The maximum atomic E-state index is 12.8. The summed E-state index contributed by atoms with van der Waals surface area (Å²) in [6.45, 7) is 12.0. The van der Waals surface area contributed by atoms with Crippen molar-refractivity contribution in [2.45, 2.75) is 46.6 Å². The molecule has 0 aliphatic carbocycles. The number of nitrogens with zero attached hydrogens (tertiary/aromatic N) is 4. The second-order valence-corrected chi connectivity index (χ2v) is 8.38. The second-order valence-electron chi connectivity index (χ2n) is 8.38. The predicted octanol–water partition coefficient (Wildman–Crippen LogP) is 3.93. The lowest BCUT2D eigenvalue weighted by molar-refractivity contribution is -0.150. The van der Waals surface area contributed by atoms with E-state index < -0.39 is 18.0 Å². The van der Waals surface area contributed by atoms with Crippen LogP contribution in [0.25, 0.3) is 11.0 Å². The summed E-state index contributed by atoms with van der Waals surface area (Å²) < 4.78 is 10.5. The number of aromatic nitrogens is 2. The number of ether oxygens (including phenoxy) is 2. The highest BCUT2D eigenvalue weighted by atomic mass is 16.6. The Morgan fingerprint density at radius 3 is 2.13 bits per heavy atom. The molecule has 7 heteroatoms. The first-order valence-corrected chi connectivity index (χ1v) is 10.4. The quantitative estimate of drug-likeness (QED) is 0.546. The van der Waals surface area contributed by atoms with Crippen molar-refractivity contribution in [3.05, 3.63) is 30.0 Å². The van der Waals surface area contributed by atoms with Gasteiger partial charge in [0.15, 0.2) is 11.7 Å². The molecule has 0 radical (unpaired) electrons. The monoisotopic (exact) mass is 412 g/mol. The molecule has 2 rings (SSSR count). The SMILES string of the molecule is COC[C@@H](C)OC(=O)[C@@H](C#N)c1nc2ccccc2nc1N(CC(C)C)CC(C)C. The fraction of sp³-hybridized carbons (Fsp3) is 0.565. The minimum atomic E-state index is -1.17. The number of benzene rings is 1. The van der Waals surface area contributed by atoms with E-state index in [1.807, 2.05) is 24.3 Å². The van der Waals surface area contributed by atoms with Gasteiger partial charge in [0.25, 0.3) is 0 Å². The van der Waals surface area contributed by atoms with Gasteiger partial charge in [-0.05, 0) is 30.9 Å². The zero-order valence-corrected chi connectivity index (χ0v) is 18.8. The first-order chi connectivity index (χ1) is 14.3. The smallest absolute Gasteiger partial charge is 0.330 e. The number of hydrogen-bond acceptors (Lipinski definition) is 7. The van der Waals surface area contributed by atoms with Gasteiger partial charge in [-0.15, -0.1) is 0 Å². The van der Waals surface area contributed by atoms with Gasteiger partial charge in [0.05, 0.1) is 23.7 Å². The van der Waals surface area contributed by atoms with E-state index in [1.165, 1.54) is 7.11 Å². The maximum Gasteiger partial charge on any atom is 0.330 e. The average Bonchev–Trinajstić information content (AvgIpc) is 2.67. The number of methoxy groups -OCH3 is 1. The maximum absolute atomic E-state index is 12.8. The molecule has 1 aromatic carbocycles. The Morgan fingerprint density at radius 1 is 1.07 bits per heavy atom. The van der Waals surface area contributed by atoms with Gasteiger partial charge in [-0.25, -0.2) is 9.97 Å². The van der Waals surface area contributed by atoms with Gasteiger partial charge in [0.2, 0.25) is 0 Å². The van der Waals surface area contributed by atoms with Crippen molar-refractivity contribution in [1.82, 2.24) is 9.97 Å². The fourth-order valence-corrected chi connectivity index (χ4v) is 3.32. The van der Waals surface area contributed by atoms with E-state index in [9.17, 15) is 10.1 Å². The number of fused-ring (bicyclic) bond motifs is 1. The zero-order chi connectivity index (χ0) is 22.3. The third-order valence-corrected chi connectivity index (χ3v) is 4.41. The molecule has 0 aliphatic heterocycles. The molecule has 162 valence electrons. The Kier molecular flexibility index (Phi) is 8.55. The molecule has 0 amide bonds. The van der Waals surface area contributed by atoms with Gasteiger partial charge in [-0.1, -0.05) is 39.8 Å². The molecule has 0 saturated carbocycles. The average molecular weight is 413 g/mol. The van der Waals surface area contributed by atoms with Gasteiger partial charge in [-0.2, -0.15) is 5.26 Å². The van der Waals surface area contributed by atoms with Crippen molar-refractivity contribution in [2.75, 3.05) is 31.7 Å². The molecular weight excluding hydrogens is 380 g/mol. The Morgan fingerprint density at radius 2 is 1.63 bits per heavy atom. The van der Waals surface area contributed by atoms with Gasteiger partial charge in [0, 0.05) is 20.2 Å². The molecule has 0 saturated heterocycles. The number of para-hydroxylation sites is 2. The molecule has 2 aromatic rings. The van der Waals surface area contributed by atoms with Crippen molar-refractivity contribution >= 4 is 22.8 Å². The molecule has 2 atom stereocenters. The summed E-state index contributed by atoms with van der Waals surface area (Å²) in [6.07, 6.45) is -0.461. The molecule has 0 spiro atoms. The van der Waals surface area contributed by atoms with E-state index in [2.05, 4.69) is 38.7 Å². The van der Waals surface area contributed by atoms with Crippen molar-refractivity contribution in [1.29, 1.82) is 5.26 Å². The highest BCUT2D eigenvalue weighted by Crippen LogP contribution is 2.29. The Hall–Kier alpha value is -2.72. The Labute approximate surface area is 179 Å². The van der Waals surface area contributed by atoms with Crippen LogP contribution in [0.5, 0.6) is 0 Å². The molecule has 0 bridgehead atoms. The minimum absolute atomic E-state index is 0.257. The number of anilines is 1. The Bertz CT molecular complexity index is 882.